The Kier molecular flexibility index (Phi) is 5.31. The molecule has 4 rings (SSSR count). The molecule has 2 saturated carbocycles. The van der Waals surface area contributed by atoms with E-state index in [9.17, 15) is 19.8 Å². The molecule has 0 radical (unpaired) electrons. The molecule has 7 nitrogen and oxygen atoms in total. The SMILES string of the molecule is CN(C)C1(c2ccccc2)CCC2(CC1)CN(CC(=O)O)C(=O)N2CC1(O)CCC1. The largest absolute Gasteiger partial charge is 0.480 e. The molecule has 0 atom stereocenters. The van der Waals surface area contributed by atoms with Crippen molar-refractivity contribution in [3.8, 4) is 0 Å². The van der Waals surface area contributed by atoms with Gasteiger partial charge in [0.1, 0.15) is 6.54 Å². The van der Waals surface area contributed by atoms with Crippen LogP contribution in [0, 0.1) is 0 Å². The lowest BCUT2D eigenvalue weighted by Gasteiger charge is -2.52. The lowest BCUT2D eigenvalue weighted by Crippen LogP contribution is -2.59. The molecule has 2 amide bonds. The number of urea groups is 1. The van der Waals surface area contributed by atoms with Gasteiger partial charge in [0.2, 0.25) is 0 Å². The number of amides is 2. The number of rotatable bonds is 6. The summed E-state index contributed by atoms with van der Waals surface area (Å²) in [5.74, 6) is -0.995. The highest BCUT2D eigenvalue weighted by molar-refractivity contribution is 5.83. The van der Waals surface area contributed by atoms with Gasteiger partial charge in [-0.05, 0) is 64.6 Å². The van der Waals surface area contributed by atoms with Crippen LogP contribution in [0.25, 0.3) is 0 Å². The molecule has 2 aliphatic carbocycles. The normalized spacial score (nSPS) is 30.7. The molecular weight excluding hydrogens is 382 g/mol. The number of hydrogen-bond acceptors (Lipinski definition) is 4. The van der Waals surface area contributed by atoms with Crippen LogP contribution < -0.4 is 0 Å². The maximum atomic E-state index is 13.2. The van der Waals surface area contributed by atoms with Gasteiger partial charge in [-0.2, -0.15) is 0 Å². The quantitative estimate of drug-likeness (QED) is 0.746. The second-order valence-corrected chi connectivity index (χ2v) is 9.71. The predicted octanol–water partition coefficient (Wildman–Crippen LogP) is 2.49. The number of carbonyl (C=O) groups is 2. The third-order valence-corrected chi connectivity index (χ3v) is 7.80. The maximum absolute atomic E-state index is 13.2. The third-order valence-electron chi connectivity index (χ3n) is 7.80. The van der Waals surface area contributed by atoms with Gasteiger partial charge in [-0.25, -0.2) is 4.79 Å². The van der Waals surface area contributed by atoms with E-state index < -0.39 is 17.1 Å². The van der Waals surface area contributed by atoms with Crippen LogP contribution in [0.2, 0.25) is 0 Å². The number of β-amino-alcohol motifs (C(OH)–C–C–N with tert-alkyl or cyclic N) is 1. The van der Waals surface area contributed by atoms with Crippen molar-refractivity contribution in [2.75, 3.05) is 33.7 Å². The summed E-state index contributed by atoms with van der Waals surface area (Å²) in [6.07, 6.45) is 5.73. The standard InChI is InChI=1S/C23H33N3O4/c1-24(2)23(18-7-4-3-5-8-18)13-11-21(12-14-23)16-25(15-19(27)28)20(29)26(21)17-22(30)9-6-10-22/h3-5,7-8,30H,6,9-17H2,1-2H3,(H,27,28). The molecule has 3 aliphatic rings. The number of aliphatic carboxylic acids is 1. The molecular formula is C23H33N3O4. The molecule has 1 saturated heterocycles. The summed E-state index contributed by atoms with van der Waals surface area (Å²) in [6.45, 7) is 0.446. The van der Waals surface area contributed by atoms with Gasteiger partial charge in [0.25, 0.3) is 0 Å². The van der Waals surface area contributed by atoms with Crippen molar-refractivity contribution in [1.29, 1.82) is 0 Å². The zero-order chi connectivity index (χ0) is 21.6. The van der Waals surface area contributed by atoms with Gasteiger partial charge in [-0.3, -0.25) is 9.69 Å². The summed E-state index contributed by atoms with van der Waals surface area (Å²) in [5.41, 5.74) is -0.0565. The number of benzene rings is 1. The zero-order valence-electron chi connectivity index (χ0n) is 18.0. The van der Waals surface area contributed by atoms with Crippen LogP contribution in [0.5, 0.6) is 0 Å². The van der Waals surface area contributed by atoms with E-state index in [1.807, 2.05) is 11.0 Å². The van der Waals surface area contributed by atoms with E-state index >= 15 is 0 Å². The molecule has 1 heterocycles. The van der Waals surface area contributed by atoms with Crippen LogP contribution in [-0.2, 0) is 10.3 Å². The van der Waals surface area contributed by atoms with E-state index in [2.05, 4.69) is 43.3 Å². The number of carboxylic acids is 1. The molecule has 2 N–H and O–H groups in total. The molecule has 1 aliphatic heterocycles. The minimum atomic E-state index is -0.995. The second-order valence-electron chi connectivity index (χ2n) is 9.71. The van der Waals surface area contributed by atoms with Crippen molar-refractivity contribution in [3.05, 3.63) is 35.9 Å². The molecule has 0 unspecified atom stereocenters. The predicted molar refractivity (Wildman–Crippen MR) is 113 cm³/mol. The summed E-state index contributed by atoms with van der Waals surface area (Å²) in [7, 11) is 4.22. The van der Waals surface area contributed by atoms with Crippen molar-refractivity contribution in [2.24, 2.45) is 0 Å². The van der Waals surface area contributed by atoms with Crippen molar-refractivity contribution in [3.63, 3.8) is 0 Å². The molecule has 3 fully saturated rings. The van der Waals surface area contributed by atoms with E-state index in [-0.39, 0.29) is 18.1 Å². The van der Waals surface area contributed by atoms with Crippen molar-refractivity contribution in [2.45, 2.75) is 61.6 Å². The fourth-order valence-electron chi connectivity index (χ4n) is 5.74. The first-order valence-electron chi connectivity index (χ1n) is 10.9. The molecule has 1 aromatic rings. The van der Waals surface area contributed by atoms with Crippen molar-refractivity contribution in [1.82, 2.24) is 14.7 Å². The van der Waals surface area contributed by atoms with Gasteiger partial charge in [-0.15, -0.1) is 0 Å². The highest BCUT2D eigenvalue weighted by Crippen LogP contribution is 2.49. The number of hydrogen-bond donors (Lipinski definition) is 2. The number of carbonyl (C=O) groups excluding carboxylic acids is 1. The van der Waals surface area contributed by atoms with Crippen molar-refractivity contribution >= 4 is 12.0 Å². The summed E-state index contributed by atoms with van der Waals surface area (Å²) in [6, 6.07) is 10.3. The molecule has 164 valence electrons. The lowest BCUT2D eigenvalue weighted by molar-refractivity contribution is -0.137. The monoisotopic (exact) mass is 415 g/mol. The zero-order valence-corrected chi connectivity index (χ0v) is 18.0. The van der Waals surface area contributed by atoms with Crippen molar-refractivity contribution < 1.29 is 19.8 Å². The fraction of sp³-hybridized carbons (Fsp3) is 0.652. The molecule has 7 heteroatoms. The average molecular weight is 416 g/mol. The first-order chi connectivity index (χ1) is 14.2. The summed E-state index contributed by atoms with van der Waals surface area (Å²) in [5, 5.41) is 20.1. The number of nitrogens with zero attached hydrogens (tertiary/aromatic N) is 3. The van der Waals surface area contributed by atoms with Gasteiger partial charge in [0.05, 0.1) is 17.7 Å². The Hall–Kier alpha value is -2.12. The summed E-state index contributed by atoms with van der Waals surface area (Å²) in [4.78, 5) is 30.1. The molecule has 1 spiro atoms. The Balaban J connectivity index is 1.61. The Bertz CT molecular complexity index is 798. The van der Waals surface area contributed by atoms with Gasteiger partial charge in [-0.1, -0.05) is 30.3 Å². The van der Waals surface area contributed by atoms with Crippen LogP contribution in [0.1, 0.15) is 50.5 Å². The minimum Gasteiger partial charge on any atom is -0.480 e. The van der Waals surface area contributed by atoms with Crippen LogP contribution >= 0.6 is 0 Å². The van der Waals surface area contributed by atoms with E-state index in [0.717, 1.165) is 32.1 Å². The Labute approximate surface area is 178 Å². The van der Waals surface area contributed by atoms with Crippen LogP contribution in [0.4, 0.5) is 4.79 Å². The average Bonchev–Trinajstić information content (AvgIpc) is 2.93. The number of carboxylic acid groups (broad SMARTS) is 1. The smallest absolute Gasteiger partial charge is 0.323 e. The Morgan fingerprint density at radius 1 is 1.07 bits per heavy atom. The van der Waals surface area contributed by atoms with Crippen LogP contribution in [-0.4, -0.2) is 81.8 Å². The molecule has 0 aromatic heterocycles. The summed E-state index contributed by atoms with van der Waals surface area (Å²) >= 11 is 0. The van der Waals surface area contributed by atoms with Gasteiger partial charge >= 0.3 is 12.0 Å². The third kappa shape index (κ3) is 3.48. The first-order valence-corrected chi connectivity index (χ1v) is 10.9. The fourth-order valence-corrected chi connectivity index (χ4v) is 5.74. The highest BCUT2D eigenvalue weighted by atomic mass is 16.4. The van der Waals surface area contributed by atoms with Gasteiger partial charge in [0.15, 0.2) is 0 Å². The van der Waals surface area contributed by atoms with E-state index in [1.54, 1.807) is 0 Å². The topological polar surface area (TPSA) is 84.3 Å². The molecule has 30 heavy (non-hydrogen) atoms. The lowest BCUT2D eigenvalue weighted by atomic mass is 9.67. The van der Waals surface area contributed by atoms with Gasteiger partial charge < -0.3 is 20.0 Å². The molecule has 0 bridgehead atoms. The van der Waals surface area contributed by atoms with E-state index in [4.69, 9.17) is 0 Å². The Morgan fingerprint density at radius 2 is 1.70 bits per heavy atom. The Morgan fingerprint density at radius 3 is 2.20 bits per heavy atom. The van der Waals surface area contributed by atoms with Crippen LogP contribution in [0.15, 0.2) is 30.3 Å². The van der Waals surface area contributed by atoms with Crippen LogP contribution in [0.3, 0.4) is 0 Å². The van der Waals surface area contributed by atoms with E-state index in [0.29, 0.717) is 25.9 Å². The van der Waals surface area contributed by atoms with E-state index in [1.165, 1.54) is 10.5 Å². The molecule has 1 aromatic carbocycles. The highest BCUT2D eigenvalue weighted by Gasteiger charge is 2.56. The minimum absolute atomic E-state index is 0.102. The summed E-state index contributed by atoms with van der Waals surface area (Å²) < 4.78 is 0. The second kappa shape index (κ2) is 7.54. The van der Waals surface area contributed by atoms with Gasteiger partial charge in [0, 0.05) is 12.1 Å². The first kappa shape index (κ1) is 21.1. The number of aliphatic hydroxyl groups is 1. The maximum Gasteiger partial charge on any atom is 0.323 e.